The van der Waals surface area contributed by atoms with Gasteiger partial charge in [0.05, 0.1) is 6.42 Å². The molecule has 2 rings (SSSR count). The van der Waals surface area contributed by atoms with E-state index in [9.17, 15) is 4.79 Å². The van der Waals surface area contributed by atoms with Crippen molar-refractivity contribution in [2.75, 3.05) is 6.61 Å². The van der Waals surface area contributed by atoms with Crippen molar-refractivity contribution in [1.29, 1.82) is 0 Å². The van der Waals surface area contributed by atoms with E-state index in [2.05, 4.69) is 4.98 Å². The minimum Gasteiger partial charge on any atom is -0.370 e. The Kier molecular flexibility index (Phi) is 3.39. The molecule has 0 aromatic carbocycles. The van der Waals surface area contributed by atoms with Crippen LogP contribution in [0.4, 0.5) is 0 Å². The van der Waals surface area contributed by atoms with E-state index in [1.807, 2.05) is 24.7 Å². The van der Waals surface area contributed by atoms with Gasteiger partial charge in [0.15, 0.2) is 5.78 Å². The number of imidazole rings is 1. The molecule has 0 radical (unpaired) electrons. The van der Waals surface area contributed by atoms with Crippen LogP contribution in [-0.2, 0) is 23.0 Å². The van der Waals surface area contributed by atoms with Crippen LogP contribution in [0.2, 0.25) is 0 Å². The summed E-state index contributed by atoms with van der Waals surface area (Å²) in [6.45, 7) is 2.54. The third kappa shape index (κ3) is 2.50. The fourth-order valence-corrected chi connectivity index (χ4v) is 1.89. The largest absolute Gasteiger partial charge is 0.370 e. The van der Waals surface area contributed by atoms with Gasteiger partial charge in [-0.1, -0.05) is 0 Å². The lowest BCUT2D eigenvalue weighted by Crippen LogP contribution is -2.29. The van der Waals surface area contributed by atoms with Crippen LogP contribution < -0.4 is 0 Å². The first-order chi connectivity index (χ1) is 7.72. The lowest BCUT2D eigenvalue weighted by atomic mass is 10.1. The van der Waals surface area contributed by atoms with Crippen molar-refractivity contribution in [1.82, 2.24) is 9.55 Å². The lowest BCUT2D eigenvalue weighted by Gasteiger charge is -2.14. The zero-order valence-electron chi connectivity index (χ0n) is 9.85. The Morgan fingerprint density at radius 3 is 2.94 bits per heavy atom. The Morgan fingerprint density at radius 1 is 1.69 bits per heavy atom. The molecule has 0 bridgehead atoms. The third-order valence-electron chi connectivity index (χ3n) is 2.97. The van der Waals surface area contributed by atoms with Crippen LogP contribution in [0.5, 0.6) is 0 Å². The highest BCUT2D eigenvalue weighted by Gasteiger charge is 2.36. The smallest absolute Gasteiger partial charge is 0.169 e. The molecular weight excluding hydrogens is 204 g/mol. The van der Waals surface area contributed by atoms with E-state index in [4.69, 9.17) is 4.74 Å². The summed E-state index contributed by atoms with van der Waals surface area (Å²) in [7, 11) is 1.91. The molecule has 16 heavy (non-hydrogen) atoms. The maximum absolute atomic E-state index is 12.1. The molecule has 1 aliphatic carbocycles. The summed E-state index contributed by atoms with van der Waals surface area (Å²) in [5.41, 5.74) is 0. The quantitative estimate of drug-likeness (QED) is 0.729. The van der Waals surface area contributed by atoms with Gasteiger partial charge in [-0.25, -0.2) is 4.98 Å². The number of carbonyl (C=O) groups excluding carboxylic acids is 1. The monoisotopic (exact) mass is 222 g/mol. The zero-order chi connectivity index (χ0) is 11.5. The number of nitrogens with zero attached hydrogens (tertiary/aromatic N) is 2. The van der Waals surface area contributed by atoms with Gasteiger partial charge in [0.1, 0.15) is 11.9 Å². The van der Waals surface area contributed by atoms with Crippen LogP contribution in [0.25, 0.3) is 0 Å². The van der Waals surface area contributed by atoms with Gasteiger partial charge in [-0.3, -0.25) is 4.79 Å². The summed E-state index contributed by atoms with van der Waals surface area (Å²) in [6, 6.07) is 0. The number of hydrogen-bond donors (Lipinski definition) is 0. The van der Waals surface area contributed by atoms with Gasteiger partial charge >= 0.3 is 0 Å². The van der Waals surface area contributed by atoms with E-state index < -0.39 is 0 Å². The molecular formula is C12H18N2O2. The molecule has 0 spiro atoms. The number of hydrogen-bond acceptors (Lipinski definition) is 3. The molecule has 88 valence electrons. The van der Waals surface area contributed by atoms with Gasteiger partial charge in [0.2, 0.25) is 0 Å². The minimum atomic E-state index is -0.207. The van der Waals surface area contributed by atoms with Crippen LogP contribution in [-0.4, -0.2) is 28.0 Å². The van der Waals surface area contributed by atoms with Crippen LogP contribution in [0.3, 0.4) is 0 Å². The molecule has 1 aromatic heterocycles. The van der Waals surface area contributed by atoms with E-state index >= 15 is 0 Å². The standard InChI is InChI=1S/C12H18N2O2/c1-3-16-12(9-4-5-9)10(15)8-11-13-6-7-14(11)2/h6-7,9,12H,3-5,8H2,1-2H3. The molecule has 0 saturated heterocycles. The molecule has 1 fully saturated rings. The highest BCUT2D eigenvalue weighted by atomic mass is 16.5. The highest BCUT2D eigenvalue weighted by molar-refractivity contribution is 5.85. The van der Waals surface area contributed by atoms with Crippen molar-refractivity contribution in [2.24, 2.45) is 13.0 Å². The number of rotatable bonds is 6. The van der Waals surface area contributed by atoms with E-state index in [0.717, 1.165) is 18.7 Å². The fraction of sp³-hybridized carbons (Fsp3) is 0.667. The Labute approximate surface area is 95.6 Å². The second-order valence-electron chi connectivity index (χ2n) is 4.31. The van der Waals surface area contributed by atoms with E-state index in [0.29, 0.717) is 18.9 Å². The number of Topliss-reactive ketones (excluding diaryl/α,β-unsaturated/α-hetero) is 1. The Balaban J connectivity index is 1.97. The molecule has 1 atom stereocenters. The van der Waals surface area contributed by atoms with Gasteiger partial charge in [-0.05, 0) is 25.7 Å². The zero-order valence-corrected chi connectivity index (χ0v) is 9.85. The van der Waals surface area contributed by atoms with Crippen molar-refractivity contribution in [3.05, 3.63) is 18.2 Å². The van der Waals surface area contributed by atoms with E-state index in [-0.39, 0.29) is 11.9 Å². The third-order valence-corrected chi connectivity index (χ3v) is 2.97. The van der Waals surface area contributed by atoms with Crippen LogP contribution in [0.15, 0.2) is 12.4 Å². The van der Waals surface area contributed by atoms with Gasteiger partial charge in [0, 0.05) is 26.0 Å². The van der Waals surface area contributed by atoms with Gasteiger partial charge in [0.25, 0.3) is 0 Å². The maximum atomic E-state index is 12.1. The Morgan fingerprint density at radius 2 is 2.44 bits per heavy atom. The SMILES string of the molecule is CCOC(C(=O)Cc1nccn1C)C1CC1. The lowest BCUT2D eigenvalue weighted by molar-refractivity contribution is -0.131. The van der Waals surface area contributed by atoms with Crippen molar-refractivity contribution in [3.8, 4) is 0 Å². The Bertz CT molecular complexity index is 369. The average Bonchev–Trinajstić information content (AvgIpc) is 3.01. The van der Waals surface area contributed by atoms with Crippen molar-refractivity contribution < 1.29 is 9.53 Å². The van der Waals surface area contributed by atoms with Crippen molar-refractivity contribution in [3.63, 3.8) is 0 Å². The van der Waals surface area contributed by atoms with Crippen molar-refractivity contribution in [2.45, 2.75) is 32.3 Å². The summed E-state index contributed by atoms with van der Waals surface area (Å²) in [5.74, 6) is 1.43. The number of ether oxygens (including phenoxy) is 1. The predicted molar refractivity (Wildman–Crippen MR) is 60.1 cm³/mol. The summed E-state index contributed by atoms with van der Waals surface area (Å²) >= 11 is 0. The molecule has 4 heteroatoms. The van der Waals surface area contributed by atoms with Crippen LogP contribution in [0, 0.1) is 5.92 Å². The molecule has 0 amide bonds. The first-order valence-electron chi connectivity index (χ1n) is 5.83. The fourth-order valence-electron chi connectivity index (χ4n) is 1.89. The Hall–Kier alpha value is -1.16. The molecule has 0 aliphatic heterocycles. The predicted octanol–water partition coefficient (Wildman–Crippen LogP) is 1.35. The normalized spacial score (nSPS) is 17.4. The number of aryl methyl sites for hydroxylation is 1. The molecule has 4 nitrogen and oxygen atoms in total. The number of aromatic nitrogens is 2. The van der Waals surface area contributed by atoms with Gasteiger partial charge in [-0.2, -0.15) is 0 Å². The summed E-state index contributed by atoms with van der Waals surface area (Å²) in [5, 5.41) is 0. The number of carbonyl (C=O) groups is 1. The molecule has 1 heterocycles. The summed E-state index contributed by atoms with van der Waals surface area (Å²) in [4.78, 5) is 16.2. The maximum Gasteiger partial charge on any atom is 0.169 e. The minimum absolute atomic E-state index is 0.165. The van der Waals surface area contributed by atoms with Gasteiger partial charge < -0.3 is 9.30 Å². The molecule has 1 saturated carbocycles. The van der Waals surface area contributed by atoms with Crippen LogP contribution in [0.1, 0.15) is 25.6 Å². The van der Waals surface area contributed by atoms with E-state index in [1.165, 1.54) is 0 Å². The van der Waals surface area contributed by atoms with E-state index in [1.54, 1.807) is 6.20 Å². The molecule has 0 N–H and O–H groups in total. The second kappa shape index (κ2) is 4.78. The number of ketones is 1. The first-order valence-corrected chi connectivity index (χ1v) is 5.83. The average molecular weight is 222 g/mol. The second-order valence-corrected chi connectivity index (χ2v) is 4.31. The highest BCUT2D eigenvalue weighted by Crippen LogP contribution is 2.35. The summed E-state index contributed by atoms with van der Waals surface area (Å²) in [6.07, 6.45) is 5.99. The topological polar surface area (TPSA) is 44.1 Å². The molecule has 1 aliphatic rings. The van der Waals surface area contributed by atoms with Gasteiger partial charge in [-0.15, -0.1) is 0 Å². The molecule has 1 unspecified atom stereocenters. The molecule has 1 aromatic rings. The summed E-state index contributed by atoms with van der Waals surface area (Å²) < 4.78 is 7.41. The van der Waals surface area contributed by atoms with Crippen molar-refractivity contribution >= 4 is 5.78 Å². The first kappa shape index (κ1) is 11.3. The van der Waals surface area contributed by atoms with Crippen LogP contribution >= 0.6 is 0 Å².